The van der Waals surface area contributed by atoms with Crippen LogP contribution < -0.4 is 10.6 Å². The van der Waals surface area contributed by atoms with E-state index < -0.39 is 5.82 Å². The van der Waals surface area contributed by atoms with Crippen LogP contribution in [0.2, 0.25) is 0 Å². The summed E-state index contributed by atoms with van der Waals surface area (Å²) in [6, 6.07) is 4.68. The SMILES string of the molecule is C[C@@H]1CN(c2cc(Br)c(C#N)cc2F)C[C@H]1C(N)=O. The quantitative estimate of drug-likeness (QED) is 0.904. The van der Waals surface area contributed by atoms with Crippen LogP contribution in [-0.2, 0) is 4.79 Å². The number of nitriles is 1. The topological polar surface area (TPSA) is 70.1 Å². The number of carbonyl (C=O) groups is 1. The monoisotopic (exact) mass is 325 g/mol. The zero-order valence-electron chi connectivity index (χ0n) is 10.4. The van der Waals surface area contributed by atoms with Crippen LogP contribution in [0, 0.1) is 29.0 Å². The lowest BCUT2D eigenvalue weighted by Gasteiger charge is -2.19. The summed E-state index contributed by atoms with van der Waals surface area (Å²) in [5.74, 6) is -1.000. The first-order chi connectivity index (χ1) is 8.93. The highest BCUT2D eigenvalue weighted by Gasteiger charge is 2.34. The fourth-order valence-corrected chi connectivity index (χ4v) is 2.82. The number of benzene rings is 1. The van der Waals surface area contributed by atoms with Crippen molar-refractivity contribution in [3.8, 4) is 6.07 Å². The normalized spacial score (nSPS) is 22.3. The van der Waals surface area contributed by atoms with Crippen LogP contribution in [0.4, 0.5) is 10.1 Å². The molecule has 0 bridgehead atoms. The van der Waals surface area contributed by atoms with Gasteiger partial charge in [0.1, 0.15) is 11.9 Å². The fraction of sp³-hybridized carbons (Fsp3) is 0.385. The first kappa shape index (κ1) is 13.8. The molecule has 1 amide bonds. The molecule has 4 nitrogen and oxygen atoms in total. The van der Waals surface area contributed by atoms with Crippen LogP contribution in [0.3, 0.4) is 0 Å². The predicted octanol–water partition coefficient (Wildman–Crippen LogP) is 2.02. The largest absolute Gasteiger partial charge is 0.369 e. The van der Waals surface area contributed by atoms with E-state index in [2.05, 4.69) is 15.9 Å². The Morgan fingerprint density at radius 3 is 2.79 bits per heavy atom. The zero-order valence-corrected chi connectivity index (χ0v) is 11.9. The summed E-state index contributed by atoms with van der Waals surface area (Å²) in [6.07, 6.45) is 0. The summed E-state index contributed by atoms with van der Waals surface area (Å²) < 4.78 is 14.5. The van der Waals surface area contributed by atoms with Crippen LogP contribution in [-0.4, -0.2) is 19.0 Å². The lowest BCUT2D eigenvalue weighted by molar-refractivity contribution is -0.122. The standard InChI is InChI=1S/C13H13BrFN3O/c1-7-5-18(6-9(7)13(17)19)12-3-10(14)8(4-16)2-11(12)15/h2-3,7,9H,5-6H2,1H3,(H2,17,19)/t7-,9-/m1/s1. The smallest absolute Gasteiger partial charge is 0.222 e. The Labute approximate surface area is 119 Å². The van der Waals surface area contributed by atoms with E-state index in [1.165, 1.54) is 6.07 Å². The maximum absolute atomic E-state index is 14.0. The van der Waals surface area contributed by atoms with Gasteiger partial charge in [-0.25, -0.2) is 4.39 Å². The molecule has 1 aliphatic rings. The third-order valence-electron chi connectivity index (χ3n) is 3.48. The van der Waals surface area contributed by atoms with E-state index in [9.17, 15) is 9.18 Å². The molecule has 0 radical (unpaired) electrons. The van der Waals surface area contributed by atoms with Gasteiger partial charge in [0, 0.05) is 17.6 Å². The molecule has 19 heavy (non-hydrogen) atoms. The van der Waals surface area contributed by atoms with Gasteiger partial charge in [0.05, 0.1) is 17.2 Å². The molecule has 1 aliphatic heterocycles. The number of nitrogens with zero attached hydrogens (tertiary/aromatic N) is 2. The highest BCUT2D eigenvalue weighted by atomic mass is 79.9. The number of carbonyl (C=O) groups excluding carboxylic acids is 1. The number of hydrogen-bond donors (Lipinski definition) is 1. The summed E-state index contributed by atoms with van der Waals surface area (Å²) >= 11 is 3.24. The van der Waals surface area contributed by atoms with E-state index in [0.29, 0.717) is 23.2 Å². The molecule has 1 aromatic rings. The zero-order chi connectivity index (χ0) is 14.2. The van der Waals surface area contributed by atoms with Crippen molar-refractivity contribution in [2.45, 2.75) is 6.92 Å². The van der Waals surface area contributed by atoms with Gasteiger partial charge in [0.2, 0.25) is 5.91 Å². The third kappa shape index (κ3) is 2.56. The van der Waals surface area contributed by atoms with E-state index in [-0.39, 0.29) is 23.3 Å². The van der Waals surface area contributed by atoms with Crippen LogP contribution in [0.15, 0.2) is 16.6 Å². The maximum atomic E-state index is 14.0. The van der Waals surface area contributed by atoms with Crippen LogP contribution >= 0.6 is 15.9 Å². The van der Waals surface area contributed by atoms with Gasteiger partial charge in [-0.3, -0.25) is 4.79 Å². The number of nitrogens with two attached hydrogens (primary N) is 1. The molecule has 0 saturated carbocycles. The molecule has 6 heteroatoms. The number of anilines is 1. The van der Waals surface area contributed by atoms with Crippen molar-refractivity contribution in [1.29, 1.82) is 5.26 Å². The van der Waals surface area contributed by atoms with Crippen molar-refractivity contribution in [2.24, 2.45) is 17.6 Å². The molecule has 2 rings (SSSR count). The third-order valence-corrected chi connectivity index (χ3v) is 4.13. The van der Waals surface area contributed by atoms with Gasteiger partial charge in [-0.1, -0.05) is 6.92 Å². The van der Waals surface area contributed by atoms with E-state index in [1.54, 1.807) is 11.0 Å². The Hall–Kier alpha value is -1.61. The number of hydrogen-bond acceptors (Lipinski definition) is 3. The second-order valence-corrected chi connectivity index (χ2v) is 5.64. The van der Waals surface area contributed by atoms with Gasteiger partial charge >= 0.3 is 0 Å². The second-order valence-electron chi connectivity index (χ2n) is 4.79. The maximum Gasteiger partial charge on any atom is 0.222 e. The molecule has 2 atom stereocenters. The fourth-order valence-electron chi connectivity index (χ4n) is 2.40. The molecule has 0 aliphatic carbocycles. The number of amides is 1. The van der Waals surface area contributed by atoms with Crippen molar-refractivity contribution in [3.63, 3.8) is 0 Å². The summed E-state index contributed by atoms with van der Waals surface area (Å²) in [7, 11) is 0. The highest BCUT2D eigenvalue weighted by Crippen LogP contribution is 2.32. The Morgan fingerprint density at radius 2 is 2.26 bits per heavy atom. The Kier molecular flexibility index (Phi) is 3.76. The first-order valence-corrected chi connectivity index (χ1v) is 6.66. The molecule has 1 aromatic carbocycles. The van der Waals surface area contributed by atoms with Gasteiger partial charge in [-0.15, -0.1) is 0 Å². The van der Waals surface area contributed by atoms with Gasteiger partial charge in [-0.05, 0) is 34.0 Å². The van der Waals surface area contributed by atoms with E-state index in [1.807, 2.05) is 13.0 Å². The van der Waals surface area contributed by atoms with Crippen molar-refractivity contribution < 1.29 is 9.18 Å². The number of rotatable bonds is 2. The van der Waals surface area contributed by atoms with Crippen molar-refractivity contribution in [1.82, 2.24) is 0 Å². The molecular formula is C13H13BrFN3O. The molecular weight excluding hydrogens is 313 g/mol. The van der Waals surface area contributed by atoms with Crippen LogP contribution in [0.5, 0.6) is 0 Å². The van der Waals surface area contributed by atoms with Crippen LogP contribution in [0.1, 0.15) is 12.5 Å². The summed E-state index contributed by atoms with van der Waals surface area (Å²) in [4.78, 5) is 13.1. The molecule has 0 unspecified atom stereocenters. The minimum Gasteiger partial charge on any atom is -0.369 e. The Bertz CT molecular complexity index is 570. The van der Waals surface area contributed by atoms with Crippen molar-refractivity contribution in [3.05, 3.63) is 28.0 Å². The molecule has 0 aromatic heterocycles. The average Bonchev–Trinajstić information content (AvgIpc) is 2.73. The molecule has 1 fully saturated rings. The molecule has 0 spiro atoms. The van der Waals surface area contributed by atoms with E-state index >= 15 is 0 Å². The first-order valence-electron chi connectivity index (χ1n) is 5.87. The minimum absolute atomic E-state index is 0.0892. The predicted molar refractivity (Wildman–Crippen MR) is 72.9 cm³/mol. The molecule has 1 heterocycles. The summed E-state index contributed by atoms with van der Waals surface area (Å²) in [5.41, 5.74) is 5.97. The molecule has 1 saturated heterocycles. The average molecular weight is 326 g/mol. The van der Waals surface area contributed by atoms with Gasteiger partial charge < -0.3 is 10.6 Å². The molecule has 2 N–H and O–H groups in total. The Morgan fingerprint density at radius 1 is 1.58 bits per heavy atom. The Balaban J connectivity index is 2.32. The van der Waals surface area contributed by atoms with E-state index in [0.717, 1.165) is 0 Å². The van der Waals surface area contributed by atoms with Crippen molar-refractivity contribution in [2.75, 3.05) is 18.0 Å². The van der Waals surface area contributed by atoms with Gasteiger partial charge in [-0.2, -0.15) is 5.26 Å². The lowest BCUT2D eigenvalue weighted by Crippen LogP contribution is -2.29. The van der Waals surface area contributed by atoms with E-state index in [4.69, 9.17) is 11.0 Å². The summed E-state index contributed by atoms with van der Waals surface area (Å²) in [6.45, 7) is 2.90. The van der Waals surface area contributed by atoms with Gasteiger partial charge in [0.25, 0.3) is 0 Å². The highest BCUT2D eigenvalue weighted by molar-refractivity contribution is 9.10. The number of halogens is 2. The number of primary amides is 1. The molecule has 100 valence electrons. The van der Waals surface area contributed by atoms with Crippen LogP contribution in [0.25, 0.3) is 0 Å². The minimum atomic E-state index is -0.461. The van der Waals surface area contributed by atoms with Gasteiger partial charge in [0.15, 0.2) is 0 Å². The lowest BCUT2D eigenvalue weighted by atomic mass is 9.98. The summed E-state index contributed by atoms with van der Waals surface area (Å²) in [5, 5.41) is 8.83. The van der Waals surface area contributed by atoms with Crippen molar-refractivity contribution >= 4 is 27.5 Å². The second kappa shape index (κ2) is 5.17.